The summed E-state index contributed by atoms with van der Waals surface area (Å²) in [6.07, 6.45) is 0. The fourth-order valence-corrected chi connectivity index (χ4v) is 2.53. The lowest BCUT2D eigenvalue weighted by atomic mass is 10.2. The van der Waals surface area contributed by atoms with Crippen LogP contribution in [0.5, 0.6) is 0 Å². The highest BCUT2D eigenvalue weighted by molar-refractivity contribution is 7.92. The quantitative estimate of drug-likeness (QED) is 0.371. The maximum atomic E-state index is 10.5. The maximum Gasteiger partial charge on any atom is 0.151 e. The first-order valence-corrected chi connectivity index (χ1v) is 4.60. The molecule has 0 unspecified atom stereocenters. The van der Waals surface area contributed by atoms with Gasteiger partial charge in [-0.2, -0.15) is 0 Å². The highest BCUT2D eigenvalue weighted by Crippen LogP contribution is 2.16. The molecule has 0 saturated carbocycles. The normalized spacial score (nSPS) is 25.4. The van der Waals surface area contributed by atoms with Gasteiger partial charge >= 0.3 is 0 Å². The average molecular weight is 150 g/mol. The van der Waals surface area contributed by atoms with Crippen molar-refractivity contribution in [1.29, 1.82) is 0 Å². The van der Waals surface area contributed by atoms with Crippen LogP contribution in [0.25, 0.3) is 0 Å². The van der Waals surface area contributed by atoms with Crippen molar-refractivity contribution in [2.45, 2.75) is 0 Å². The lowest BCUT2D eigenvalue weighted by Crippen LogP contribution is -2.44. The van der Waals surface area contributed by atoms with Crippen LogP contribution in [0, 0.1) is 5.92 Å². The Bertz CT molecular complexity index is 175. The van der Waals surface area contributed by atoms with E-state index in [9.17, 15) is 8.42 Å². The molecule has 54 valence electrons. The van der Waals surface area contributed by atoms with Crippen LogP contribution < -0.4 is 11.3 Å². The second-order valence-electron chi connectivity index (χ2n) is 2.35. The molecule has 1 fully saturated rings. The summed E-state index contributed by atoms with van der Waals surface area (Å²) in [6.45, 7) is 0.610. The van der Waals surface area contributed by atoms with Crippen LogP contribution in [0.2, 0.25) is 0 Å². The highest BCUT2D eigenvalue weighted by Gasteiger charge is 2.32. The summed E-state index contributed by atoms with van der Waals surface area (Å²) >= 11 is 0. The predicted molar refractivity (Wildman–Crippen MR) is 34.3 cm³/mol. The van der Waals surface area contributed by atoms with Crippen molar-refractivity contribution in [1.82, 2.24) is 5.43 Å². The summed E-state index contributed by atoms with van der Waals surface area (Å²) in [5.74, 6) is 5.84. The van der Waals surface area contributed by atoms with Crippen molar-refractivity contribution in [2.24, 2.45) is 11.8 Å². The molecule has 1 aliphatic rings. The van der Waals surface area contributed by atoms with Crippen LogP contribution in [0.3, 0.4) is 0 Å². The summed E-state index contributed by atoms with van der Waals surface area (Å²) in [6, 6.07) is 0. The Morgan fingerprint density at radius 2 is 2.11 bits per heavy atom. The van der Waals surface area contributed by atoms with E-state index in [0.717, 1.165) is 0 Å². The molecule has 0 spiro atoms. The molecule has 0 aliphatic carbocycles. The third-order valence-corrected chi connectivity index (χ3v) is 3.34. The minimum absolute atomic E-state index is 0.250. The monoisotopic (exact) mass is 150 g/mol. The first-order valence-electron chi connectivity index (χ1n) is 2.78. The number of sulfone groups is 1. The largest absolute Gasteiger partial charge is 0.271 e. The van der Waals surface area contributed by atoms with Crippen LogP contribution in [0.1, 0.15) is 0 Å². The number of nitrogens with one attached hydrogen (secondary N) is 1. The molecular weight excluding hydrogens is 140 g/mol. The van der Waals surface area contributed by atoms with Gasteiger partial charge in [-0.25, -0.2) is 8.42 Å². The molecule has 1 heterocycles. The molecule has 1 aliphatic heterocycles. The van der Waals surface area contributed by atoms with E-state index < -0.39 is 9.84 Å². The third kappa shape index (κ3) is 1.64. The SMILES string of the molecule is NNCC1CS(=O)(=O)C1. The van der Waals surface area contributed by atoms with E-state index in [2.05, 4.69) is 5.43 Å². The third-order valence-electron chi connectivity index (χ3n) is 1.39. The van der Waals surface area contributed by atoms with Crippen LogP contribution in [0.4, 0.5) is 0 Å². The van der Waals surface area contributed by atoms with Gasteiger partial charge in [-0.1, -0.05) is 0 Å². The van der Waals surface area contributed by atoms with Gasteiger partial charge in [0.05, 0.1) is 11.5 Å². The standard InChI is InChI=1S/C4H10N2O2S/c5-6-1-4-2-9(7,8)3-4/h4,6H,1-3,5H2. The first-order chi connectivity index (χ1) is 4.14. The minimum atomic E-state index is -2.65. The fraction of sp³-hybridized carbons (Fsp3) is 1.00. The van der Waals surface area contributed by atoms with E-state index in [0.29, 0.717) is 18.1 Å². The summed E-state index contributed by atoms with van der Waals surface area (Å²) in [5, 5.41) is 0. The molecule has 0 atom stereocenters. The summed E-state index contributed by atoms with van der Waals surface area (Å²) in [7, 11) is -2.65. The molecule has 5 heteroatoms. The molecule has 4 nitrogen and oxygen atoms in total. The second-order valence-corrected chi connectivity index (χ2v) is 4.50. The second kappa shape index (κ2) is 2.24. The molecule has 0 radical (unpaired) electrons. The van der Waals surface area contributed by atoms with Gasteiger partial charge in [0.1, 0.15) is 0 Å². The fourth-order valence-electron chi connectivity index (χ4n) is 0.954. The number of hydrogen-bond acceptors (Lipinski definition) is 4. The van der Waals surface area contributed by atoms with Crippen LogP contribution in [0.15, 0.2) is 0 Å². The van der Waals surface area contributed by atoms with Gasteiger partial charge in [-0.15, -0.1) is 0 Å². The van der Waals surface area contributed by atoms with Crippen molar-refractivity contribution in [3.8, 4) is 0 Å². The van der Waals surface area contributed by atoms with Gasteiger partial charge in [0, 0.05) is 12.5 Å². The van der Waals surface area contributed by atoms with Crippen LogP contribution >= 0.6 is 0 Å². The van der Waals surface area contributed by atoms with E-state index in [-0.39, 0.29) is 5.92 Å². The molecule has 0 bridgehead atoms. The van der Waals surface area contributed by atoms with Crippen molar-refractivity contribution >= 4 is 9.84 Å². The molecule has 0 amide bonds. The molecule has 0 aromatic heterocycles. The Morgan fingerprint density at radius 1 is 1.56 bits per heavy atom. The molecule has 1 rings (SSSR count). The van der Waals surface area contributed by atoms with Gasteiger partial charge < -0.3 is 0 Å². The Balaban J connectivity index is 2.28. The lowest BCUT2D eigenvalue weighted by molar-refractivity contribution is 0.496. The Labute approximate surface area is 54.3 Å². The highest BCUT2D eigenvalue weighted by atomic mass is 32.2. The molecule has 0 aromatic rings. The smallest absolute Gasteiger partial charge is 0.151 e. The van der Waals surface area contributed by atoms with Gasteiger partial charge in [0.2, 0.25) is 0 Å². The maximum absolute atomic E-state index is 10.5. The first kappa shape index (κ1) is 6.98. The Morgan fingerprint density at radius 3 is 2.44 bits per heavy atom. The van der Waals surface area contributed by atoms with Crippen molar-refractivity contribution < 1.29 is 8.42 Å². The average Bonchev–Trinajstić information content (AvgIpc) is 1.62. The van der Waals surface area contributed by atoms with Crippen molar-refractivity contribution in [3.05, 3.63) is 0 Å². The van der Waals surface area contributed by atoms with E-state index in [1.807, 2.05) is 0 Å². The Hall–Kier alpha value is -0.130. The van der Waals surface area contributed by atoms with Crippen molar-refractivity contribution in [3.63, 3.8) is 0 Å². The predicted octanol–water partition coefficient (Wildman–Crippen LogP) is -1.51. The number of hydrogen-bond donors (Lipinski definition) is 2. The molecule has 0 aromatic carbocycles. The summed E-state index contributed by atoms with van der Waals surface area (Å²) < 4.78 is 21.0. The molecule has 1 saturated heterocycles. The van der Waals surface area contributed by atoms with Crippen LogP contribution in [-0.4, -0.2) is 26.5 Å². The van der Waals surface area contributed by atoms with Gasteiger partial charge in [-0.05, 0) is 0 Å². The van der Waals surface area contributed by atoms with Gasteiger partial charge in [0.25, 0.3) is 0 Å². The zero-order chi connectivity index (χ0) is 6.91. The van der Waals surface area contributed by atoms with Gasteiger partial charge in [-0.3, -0.25) is 11.3 Å². The summed E-state index contributed by atoms with van der Waals surface area (Å²) in [4.78, 5) is 0. The zero-order valence-electron chi connectivity index (χ0n) is 5.00. The Kier molecular flexibility index (Phi) is 1.74. The topological polar surface area (TPSA) is 72.2 Å². The van der Waals surface area contributed by atoms with Crippen molar-refractivity contribution in [2.75, 3.05) is 18.1 Å². The zero-order valence-corrected chi connectivity index (χ0v) is 5.82. The van der Waals surface area contributed by atoms with E-state index in [4.69, 9.17) is 5.84 Å². The van der Waals surface area contributed by atoms with E-state index >= 15 is 0 Å². The van der Waals surface area contributed by atoms with E-state index in [1.165, 1.54) is 0 Å². The summed E-state index contributed by atoms with van der Waals surface area (Å²) in [5.41, 5.74) is 2.44. The van der Waals surface area contributed by atoms with Crippen LogP contribution in [-0.2, 0) is 9.84 Å². The molecular formula is C4H10N2O2S. The molecule has 9 heavy (non-hydrogen) atoms. The number of nitrogens with two attached hydrogens (primary N) is 1. The molecule has 3 N–H and O–H groups in total. The van der Waals surface area contributed by atoms with Gasteiger partial charge in [0.15, 0.2) is 9.84 Å². The van der Waals surface area contributed by atoms with E-state index in [1.54, 1.807) is 0 Å². The lowest BCUT2D eigenvalue weighted by Gasteiger charge is -2.24. The number of hydrazine groups is 1. The number of rotatable bonds is 2. The minimum Gasteiger partial charge on any atom is -0.271 e.